The van der Waals surface area contributed by atoms with Crippen LogP contribution < -0.4 is 9.47 Å². The van der Waals surface area contributed by atoms with Gasteiger partial charge in [0.25, 0.3) is 0 Å². The third-order valence-corrected chi connectivity index (χ3v) is 2.24. The minimum atomic E-state index is -0.227. The third kappa shape index (κ3) is 1.75. The minimum Gasteiger partial charge on any atom is -0.507 e. The van der Waals surface area contributed by atoms with Crippen molar-refractivity contribution in [3.05, 3.63) is 17.7 Å². The van der Waals surface area contributed by atoms with Gasteiger partial charge in [-0.1, -0.05) is 0 Å². The lowest BCUT2D eigenvalue weighted by Gasteiger charge is -2.11. The number of ether oxygens (including phenoxy) is 2. The van der Waals surface area contributed by atoms with E-state index >= 15 is 0 Å². The van der Waals surface area contributed by atoms with Crippen molar-refractivity contribution in [3.63, 3.8) is 0 Å². The molecule has 2 rings (SSSR count). The number of ketones is 1. The monoisotopic (exact) mass is 208 g/mol. The molecule has 1 aromatic rings. The Balaban J connectivity index is 2.56. The molecule has 80 valence electrons. The van der Waals surface area contributed by atoms with Crippen LogP contribution in [0.2, 0.25) is 0 Å². The molecule has 0 bridgehead atoms. The fourth-order valence-corrected chi connectivity index (χ4v) is 1.57. The van der Waals surface area contributed by atoms with Crippen LogP contribution in [0.15, 0.2) is 12.1 Å². The molecule has 1 heterocycles. The van der Waals surface area contributed by atoms with Gasteiger partial charge in [-0.15, -0.1) is 0 Å². The van der Waals surface area contributed by atoms with Gasteiger partial charge in [0.05, 0.1) is 13.2 Å². The summed E-state index contributed by atoms with van der Waals surface area (Å²) in [6.07, 6.45) is 0.771. The van der Waals surface area contributed by atoms with Gasteiger partial charge in [-0.3, -0.25) is 4.79 Å². The average molecular weight is 208 g/mol. The molecule has 0 aliphatic carbocycles. The molecule has 1 aliphatic heterocycles. The molecule has 0 amide bonds. The second-order valence-electron chi connectivity index (χ2n) is 3.39. The van der Waals surface area contributed by atoms with Crippen molar-refractivity contribution in [3.8, 4) is 17.2 Å². The van der Waals surface area contributed by atoms with Crippen LogP contribution in [-0.2, 0) is 0 Å². The molecule has 0 aromatic heterocycles. The molecule has 0 saturated carbocycles. The van der Waals surface area contributed by atoms with Gasteiger partial charge < -0.3 is 14.6 Å². The average Bonchev–Trinajstić information content (AvgIpc) is 2.41. The minimum absolute atomic E-state index is 0.0632. The lowest BCUT2D eigenvalue weighted by atomic mass is 10.1. The van der Waals surface area contributed by atoms with Crippen molar-refractivity contribution >= 4 is 5.78 Å². The number of carbonyl (C=O) groups is 1. The van der Waals surface area contributed by atoms with Crippen molar-refractivity contribution in [1.29, 1.82) is 0 Å². The van der Waals surface area contributed by atoms with Gasteiger partial charge in [0.2, 0.25) is 0 Å². The summed E-state index contributed by atoms with van der Waals surface area (Å²) in [6, 6.07) is 3.06. The van der Waals surface area contributed by atoms with E-state index in [1.807, 2.05) is 0 Å². The van der Waals surface area contributed by atoms with E-state index in [0.29, 0.717) is 24.7 Å². The molecule has 1 aromatic carbocycles. The van der Waals surface area contributed by atoms with Gasteiger partial charge in [0.15, 0.2) is 17.3 Å². The molecule has 4 nitrogen and oxygen atoms in total. The Bertz CT molecular complexity index is 398. The highest BCUT2D eigenvalue weighted by molar-refractivity contribution is 6.00. The molecule has 4 heteroatoms. The summed E-state index contributed by atoms with van der Waals surface area (Å²) in [5, 5.41) is 9.57. The zero-order valence-corrected chi connectivity index (χ0v) is 8.45. The Morgan fingerprint density at radius 3 is 2.80 bits per heavy atom. The Morgan fingerprint density at radius 1 is 1.33 bits per heavy atom. The molecule has 0 fully saturated rings. The highest BCUT2D eigenvalue weighted by Crippen LogP contribution is 2.38. The number of hydrogen-bond donors (Lipinski definition) is 1. The van der Waals surface area contributed by atoms with Crippen LogP contribution in [0.25, 0.3) is 0 Å². The van der Waals surface area contributed by atoms with Gasteiger partial charge in [-0.25, -0.2) is 0 Å². The van der Waals surface area contributed by atoms with Gasteiger partial charge in [-0.05, 0) is 19.1 Å². The maximum atomic E-state index is 11.4. The van der Waals surface area contributed by atoms with Crippen LogP contribution >= 0.6 is 0 Å². The Hall–Kier alpha value is -1.71. The molecule has 0 spiro atoms. The van der Waals surface area contributed by atoms with E-state index in [1.165, 1.54) is 13.0 Å². The van der Waals surface area contributed by atoms with E-state index in [2.05, 4.69) is 0 Å². The molecule has 15 heavy (non-hydrogen) atoms. The standard InChI is InChI=1S/C11H12O4/c1-7(12)10-8(13)3-4-9-11(10)15-6-2-5-14-9/h3-4,13H,2,5-6H2,1H3. The molecular weight excluding hydrogens is 196 g/mol. The second-order valence-corrected chi connectivity index (χ2v) is 3.39. The van der Waals surface area contributed by atoms with Crippen LogP contribution in [0.4, 0.5) is 0 Å². The first-order valence-electron chi connectivity index (χ1n) is 4.82. The fourth-order valence-electron chi connectivity index (χ4n) is 1.57. The maximum absolute atomic E-state index is 11.4. The zero-order chi connectivity index (χ0) is 10.8. The number of benzene rings is 1. The summed E-state index contributed by atoms with van der Waals surface area (Å²) >= 11 is 0. The fraction of sp³-hybridized carbons (Fsp3) is 0.364. The predicted molar refractivity (Wildman–Crippen MR) is 53.7 cm³/mol. The van der Waals surface area contributed by atoms with Gasteiger partial charge >= 0.3 is 0 Å². The van der Waals surface area contributed by atoms with Crippen LogP contribution in [0.5, 0.6) is 17.2 Å². The maximum Gasteiger partial charge on any atom is 0.175 e. The van der Waals surface area contributed by atoms with E-state index in [9.17, 15) is 9.90 Å². The molecule has 1 aliphatic rings. The number of hydrogen-bond acceptors (Lipinski definition) is 4. The summed E-state index contributed by atoms with van der Waals surface area (Å²) in [4.78, 5) is 11.4. The lowest BCUT2D eigenvalue weighted by Crippen LogP contribution is -2.01. The van der Waals surface area contributed by atoms with Crippen molar-refractivity contribution in [1.82, 2.24) is 0 Å². The van der Waals surface area contributed by atoms with Crippen LogP contribution in [0, 0.1) is 0 Å². The van der Waals surface area contributed by atoms with Crippen molar-refractivity contribution in [2.45, 2.75) is 13.3 Å². The topological polar surface area (TPSA) is 55.8 Å². The lowest BCUT2D eigenvalue weighted by molar-refractivity contribution is 0.101. The number of carbonyl (C=O) groups excluding carboxylic acids is 1. The highest BCUT2D eigenvalue weighted by atomic mass is 16.5. The SMILES string of the molecule is CC(=O)c1c(O)ccc2c1OCCCO2. The van der Waals surface area contributed by atoms with Gasteiger partial charge in [-0.2, -0.15) is 0 Å². The number of phenolic OH excluding ortho intramolecular Hbond substituents is 1. The Kier molecular flexibility index (Phi) is 2.49. The van der Waals surface area contributed by atoms with E-state index in [0.717, 1.165) is 6.42 Å². The molecule has 0 atom stereocenters. The second kappa shape index (κ2) is 3.81. The third-order valence-electron chi connectivity index (χ3n) is 2.24. The quantitative estimate of drug-likeness (QED) is 0.714. The first kappa shape index (κ1) is 9.83. The normalized spacial score (nSPS) is 14.5. The molecule has 0 radical (unpaired) electrons. The summed E-state index contributed by atoms with van der Waals surface area (Å²) in [5.74, 6) is 0.595. The molecule has 0 saturated heterocycles. The first-order chi connectivity index (χ1) is 7.20. The number of aromatic hydroxyl groups is 1. The number of Topliss-reactive ketones (excluding diaryl/α,β-unsaturated/α-hetero) is 1. The summed E-state index contributed by atoms with van der Waals surface area (Å²) in [7, 11) is 0. The molecule has 0 unspecified atom stereocenters. The van der Waals surface area contributed by atoms with E-state index in [1.54, 1.807) is 6.07 Å². The summed E-state index contributed by atoms with van der Waals surface area (Å²) in [5.41, 5.74) is 0.203. The smallest absolute Gasteiger partial charge is 0.175 e. The number of fused-ring (bicyclic) bond motifs is 1. The van der Waals surface area contributed by atoms with Crippen LogP contribution in [-0.4, -0.2) is 24.1 Å². The summed E-state index contributed by atoms with van der Waals surface area (Å²) in [6.45, 7) is 2.45. The van der Waals surface area contributed by atoms with Crippen LogP contribution in [0.3, 0.4) is 0 Å². The molecular formula is C11H12O4. The predicted octanol–water partition coefficient (Wildman–Crippen LogP) is 1.76. The van der Waals surface area contributed by atoms with Crippen molar-refractivity contribution in [2.24, 2.45) is 0 Å². The van der Waals surface area contributed by atoms with Crippen molar-refractivity contribution < 1.29 is 19.4 Å². The van der Waals surface area contributed by atoms with E-state index < -0.39 is 0 Å². The zero-order valence-electron chi connectivity index (χ0n) is 8.45. The number of rotatable bonds is 1. The number of phenols is 1. The van der Waals surface area contributed by atoms with Crippen molar-refractivity contribution in [2.75, 3.05) is 13.2 Å². The van der Waals surface area contributed by atoms with E-state index in [4.69, 9.17) is 9.47 Å². The van der Waals surface area contributed by atoms with Gasteiger partial charge in [0, 0.05) is 6.42 Å². The van der Waals surface area contributed by atoms with Crippen LogP contribution in [0.1, 0.15) is 23.7 Å². The molecule has 1 N–H and O–H groups in total. The summed E-state index contributed by atoms with van der Waals surface area (Å²) < 4.78 is 10.8. The highest BCUT2D eigenvalue weighted by Gasteiger charge is 2.20. The Labute approximate surface area is 87.4 Å². The van der Waals surface area contributed by atoms with Gasteiger partial charge in [0.1, 0.15) is 11.3 Å². The Morgan fingerprint density at radius 2 is 2.07 bits per heavy atom. The first-order valence-corrected chi connectivity index (χ1v) is 4.82. The van der Waals surface area contributed by atoms with E-state index in [-0.39, 0.29) is 17.1 Å². The largest absolute Gasteiger partial charge is 0.507 e.